The first-order chi connectivity index (χ1) is 9.51. The van der Waals surface area contributed by atoms with Crippen LogP contribution in [0.5, 0.6) is 0 Å². The van der Waals surface area contributed by atoms with Gasteiger partial charge in [-0.25, -0.2) is 9.78 Å². The summed E-state index contributed by atoms with van der Waals surface area (Å²) >= 11 is 1.31. The number of aromatic carboxylic acids is 1. The first-order valence-electron chi connectivity index (χ1n) is 5.97. The molecule has 1 unspecified atom stereocenters. The van der Waals surface area contributed by atoms with Crippen LogP contribution in [0.1, 0.15) is 39.6 Å². The molecule has 2 rings (SSSR count). The Kier molecular flexibility index (Phi) is 4.01. The molecule has 0 aliphatic carbocycles. The van der Waals surface area contributed by atoms with Crippen LogP contribution in [0.4, 0.5) is 5.69 Å². The molecular formula is C14H13N3O2S. The number of aryl methyl sites for hydroxylation is 1. The number of rotatable bonds is 4. The van der Waals surface area contributed by atoms with E-state index in [1.165, 1.54) is 16.7 Å². The molecule has 1 aromatic heterocycles. The number of nitrogens with one attached hydrogen (secondary N) is 1. The Labute approximate surface area is 120 Å². The second-order valence-corrected chi connectivity index (χ2v) is 5.27. The van der Waals surface area contributed by atoms with Gasteiger partial charge in [-0.05, 0) is 37.6 Å². The van der Waals surface area contributed by atoms with E-state index >= 15 is 0 Å². The highest BCUT2D eigenvalue weighted by atomic mass is 32.1. The number of hydrogen-bond acceptors (Lipinski definition) is 5. The van der Waals surface area contributed by atoms with E-state index in [4.69, 9.17) is 10.4 Å². The number of nitriles is 1. The molecule has 1 aromatic carbocycles. The maximum Gasteiger partial charge on any atom is 0.355 e. The molecule has 0 spiro atoms. The van der Waals surface area contributed by atoms with Gasteiger partial charge in [0.1, 0.15) is 5.01 Å². The molecule has 20 heavy (non-hydrogen) atoms. The lowest BCUT2D eigenvalue weighted by Crippen LogP contribution is -2.07. The lowest BCUT2D eigenvalue weighted by atomic mass is 10.1. The normalized spacial score (nSPS) is 11.7. The van der Waals surface area contributed by atoms with Gasteiger partial charge >= 0.3 is 5.97 Å². The molecule has 0 aliphatic rings. The topological polar surface area (TPSA) is 86.0 Å². The van der Waals surface area contributed by atoms with E-state index in [1.807, 2.05) is 26.0 Å². The van der Waals surface area contributed by atoms with Gasteiger partial charge in [-0.1, -0.05) is 0 Å². The minimum Gasteiger partial charge on any atom is -0.476 e. The minimum atomic E-state index is -1.02. The van der Waals surface area contributed by atoms with Crippen molar-refractivity contribution in [3.8, 4) is 6.07 Å². The van der Waals surface area contributed by atoms with Gasteiger partial charge in [0.15, 0.2) is 5.69 Å². The maximum atomic E-state index is 10.8. The van der Waals surface area contributed by atoms with Crippen LogP contribution < -0.4 is 5.32 Å². The molecule has 0 amide bonds. The van der Waals surface area contributed by atoms with Crippen LogP contribution in [-0.2, 0) is 0 Å². The van der Waals surface area contributed by atoms with Crippen molar-refractivity contribution in [3.63, 3.8) is 0 Å². The van der Waals surface area contributed by atoms with Gasteiger partial charge in [0, 0.05) is 11.1 Å². The molecule has 5 nitrogen and oxygen atoms in total. The summed E-state index contributed by atoms with van der Waals surface area (Å²) in [4.78, 5) is 14.9. The molecule has 0 radical (unpaired) electrons. The first kappa shape index (κ1) is 14.0. The average Bonchev–Trinajstić information content (AvgIpc) is 2.88. The van der Waals surface area contributed by atoms with E-state index in [1.54, 1.807) is 6.07 Å². The Hall–Kier alpha value is -2.39. The number of nitrogens with zero attached hydrogens (tertiary/aromatic N) is 2. The summed E-state index contributed by atoms with van der Waals surface area (Å²) in [6, 6.07) is 7.50. The highest BCUT2D eigenvalue weighted by Crippen LogP contribution is 2.23. The average molecular weight is 287 g/mol. The second-order valence-electron chi connectivity index (χ2n) is 4.38. The lowest BCUT2D eigenvalue weighted by molar-refractivity contribution is 0.0691. The number of carboxylic acids is 1. The predicted octanol–water partition coefficient (Wildman–Crippen LogP) is 3.19. The van der Waals surface area contributed by atoms with Crippen molar-refractivity contribution in [2.75, 3.05) is 5.32 Å². The highest BCUT2D eigenvalue weighted by Gasteiger charge is 2.14. The molecule has 0 aliphatic heterocycles. The molecule has 0 bridgehead atoms. The SMILES string of the molecule is Cc1cc(NC(C)c2nc(C(=O)O)cs2)ccc1C#N. The van der Waals surface area contributed by atoms with E-state index in [0.717, 1.165) is 11.3 Å². The lowest BCUT2D eigenvalue weighted by Gasteiger charge is -2.13. The zero-order valence-electron chi connectivity index (χ0n) is 11.0. The zero-order valence-corrected chi connectivity index (χ0v) is 11.9. The third-order valence-corrected chi connectivity index (χ3v) is 3.87. The fourth-order valence-corrected chi connectivity index (χ4v) is 2.58. The van der Waals surface area contributed by atoms with Crippen LogP contribution in [0.2, 0.25) is 0 Å². The summed E-state index contributed by atoms with van der Waals surface area (Å²) in [7, 11) is 0. The molecule has 102 valence electrons. The van der Waals surface area contributed by atoms with Gasteiger partial charge in [0.25, 0.3) is 0 Å². The van der Waals surface area contributed by atoms with Gasteiger partial charge in [0.05, 0.1) is 17.7 Å². The van der Waals surface area contributed by atoms with Crippen molar-refractivity contribution in [2.24, 2.45) is 0 Å². The molecule has 2 aromatic rings. The third kappa shape index (κ3) is 2.95. The van der Waals surface area contributed by atoms with Crippen molar-refractivity contribution >= 4 is 23.0 Å². The largest absolute Gasteiger partial charge is 0.476 e. The van der Waals surface area contributed by atoms with E-state index < -0.39 is 5.97 Å². The fraction of sp³-hybridized carbons (Fsp3) is 0.214. The number of carbonyl (C=O) groups is 1. The van der Waals surface area contributed by atoms with Gasteiger partial charge < -0.3 is 10.4 Å². The molecule has 6 heteroatoms. The van der Waals surface area contributed by atoms with Crippen molar-refractivity contribution < 1.29 is 9.90 Å². The molecule has 1 heterocycles. The molecular weight excluding hydrogens is 274 g/mol. The Morgan fingerprint density at radius 2 is 2.30 bits per heavy atom. The van der Waals surface area contributed by atoms with Crippen molar-refractivity contribution in [1.29, 1.82) is 5.26 Å². The molecule has 0 saturated carbocycles. The van der Waals surface area contributed by atoms with E-state index in [9.17, 15) is 4.79 Å². The number of thiazole rings is 1. The van der Waals surface area contributed by atoms with E-state index in [2.05, 4.69) is 16.4 Å². The van der Waals surface area contributed by atoms with Crippen molar-refractivity contribution in [1.82, 2.24) is 4.98 Å². The maximum absolute atomic E-state index is 10.8. The number of carboxylic acid groups (broad SMARTS) is 1. The zero-order chi connectivity index (χ0) is 14.7. The van der Waals surface area contributed by atoms with Gasteiger partial charge in [-0.2, -0.15) is 5.26 Å². The quantitative estimate of drug-likeness (QED) is 0.901. The molecule has 0 fully saturated rings. The molecule has 1 atom stereocenters. The van der Waals surface area contributed by atoms with Crippen LogP contribution in [0.25, 0.3) is 0 Å². The van der Waals surface area contributed by atoms with Crippen LogP contribution in [0, 0.1) is 18.3 Å². The van der Waals surface area contributed by atoms with Gasteiger partial charge in [-0.15, -0.1) is 11.3 Å². The van der Waals surface area contributed by atoms with Crippen LogP contribution in [0.15, 0.2) is 23.6 Å². The van der Waals surface area contributed by atoms with E-state index in [-0.39, 0.29) is 11.7 Å². The Bertz CT molecular complexity index is 688. The molecule has 0 saturated heterocycles. The monoisotopic (exact) mass is 287 g/mol. The summed E-state index contributed by atoms with van der Waals surface area (Å²) in [5.74, 6) is -1.02. The number of aromatic nitrogens is 1. The van der Waals surface area contributed by atoms with Crippen molar-refractivity contribution in [3.05, 3.63) is 45.4 Å². The second kappa shape index (κ2) is 5.72. The highest BCUT2D eigenvalue weighted by molar-refractivity contribution is 7.09. The first-order valence-corrected chi connectivity index (χ1v) is 6.85. The predicted molar refractivity (Wildman–Crippen MR) is 77.0 cm³/mol. The third-order valence-electron chi connectivity index (χ3n) is 2.84. The summed E-state index contributed by atoms with van der Waals surface area (Å²) < 4.78 is 0. The smallest absolute Gasteiger partial charge is 0.355 e. The van der Waals surface area contributed by atoms with Crippen LogP contribution >= 0.6 is 11.3 Å². The van der Waals surface area contributed by atoms with E-state index in [0.29, 0.717) is 10.6 Å². The summed E-state index contributed by atoms with van der Waals surface area (Å²) in [6.45, 7) is 3.79. The summed E-state index contributed by atoms with van der Waals surface area (Å²) in [5, 5.41) is 23.2. The minimum absolute atomic E-state index is 0.0645. The number of benzene rings is 1. The fourth-order valence-electron chi connectivity index (χ4n) is 1.78. The number of hydrogen-bond donors (Lipinski definition) is 2. The summed E-state index contributed by atoms with van der Waals surface area (Å²) in [6.07, 6.45) is 0. The van der Waals surface area contributed by atoms with Gasteiger partial charge in [0.2, 0.25) is 0 Å². The Balaban J connectivity index is 2.14. The summed E-state index contributed by atoms with van der Waals surface area (Å²) in [5.41, 5.74) is 2.48. The van der Waals surface area contributed by atoms with Crippen molar-refractivity contribution in [2.45, 2.75) is 19.9 Å². The Morgan fingerprint density at radius 1 is 1.55 bits per heavy atom. The standard InChI is InChI=1S/C14H13N3O2S/c1-8-5-11(4-3-10(8)6-15)16-9(2)13-17-12(7-20-13)14(18)19/h3-5,7,9,16H,1-2H3,(H,18,19). The van der Waals surface area contributed by atoms with Crippen LogP contribution in [0.3, 0.4) is 0 Å². The Morgan fingerprint density at radius 3 is 2.85 bits per heavy atom. The van der Waals surface area contributed by atoms with Gasteiger partial charge in [-0.3, -0.25) is 0 Å². The molecule has 2 N–H and O–H groups in total. The van der Waals surface area contributed by atoms with Crippen LogP contribution in [-0.4, -0.2) is 16.1 Å². The number of anilines is 1.